The number of amides is 1. The molecular formula is C10H10NO. The van der Waals surface area contributed by atoms with Gasteiger partial charge < -0.3 is 5.32 Å². The van der Waals surface area contributed by atoms with Crippen molar-refractivity contribution in [2.45, 2.75) is 0 Å². The molecule has 12 heavy (non-hydrogen) atoms. The lowest BCUT2D eigenvalue weighted by atomic mass is 10.2. The lowest BCUT2D eigenvalue weighted by Crippen LogP contribution is -2.20. The second kappa shape index (κ2) is 3.72. The molecule has 2 heteroatoms. The molecule has 0 aromatic heterocycles. The molecule has 0 saturated heterocycles. The van der Waals surface area contributed by atoms with Crippen LogP contribution in [0.2, 0.25) is 0 Å². The van der Waals surface area contributed by atoms with Crippen molar-refractivity contribution in [3.8, 4) is 0 Å². The maximum atomic E-state index is 11.2. The molecule has 0 aliphatic rings. The zero-order valence-corrected chi connectivity index (χ0v) is 6.71. The summed E-state index contributed by atoms with van der Waals surface area (Å²) < 4.78 is 0. The van der Waals surface area contributed by atoms with Crippen LogP contribution in [0, 0.1) is 6.92 Å². The Labute approximate surface area is 71.9 Å². The van der Waals surface area contributed by atoms with Gasteiger partial charge >= 0.3 is 0 Å². The third kappa shape index (κ3) is 2.23. The molecule has 0 heterocycles. The van der Waals surface area contributed by atoms with Crippen LogP contribution in [0.4, 0.5) is 0 Å². The Morgan fingerprint density at radius 1 is 1.25 bits per heavy atom. The quantitative estimate of drug-likeness (QED) is 0.701. The molecule has 1 N–H and O–H groups in total. The summed E-state index contributed by atoms with van der Waals surface area (Å²) in [7, 11) is 0. The Balaban J connectivity index is 2.73. The Kier molecular flexibility index (Phi) is 2.64. The van der Waals surface area contributed by atoms with E-state index in [1.807, 2.05) is 6.07 Å². The Morgan fingerprint density at radius 2 is 1.83 bits per heavy atom. The van der Waals surface area contributed by atoms with E-state index in [-0.39, 0.29) is 5.91 Å². The van der Waals surface area contributed by atoms with Gasteiger partial charge in [-0.1, -0.05) is 24.8 Å². The smallest absolute Gasteiger partial charge is 0.255 e. The zero-order valence-electron chi connectivity index (χ0n) is 6.71. The summed E-state index contributed by atoms with van der Waals surface area (Å²) >= 11 is 0. The monoisotopic (exact) mass is 160 g/mol. The Bertz CT molecular complexity index is 290. The van der Waals surface area contributed by atoms with E-state index >= 15 is 0 Å². The normalized spacial score (nSPS) is 9.08. The standard InChI is InChI=1S/C10H10NO/c1-8(2)11-10(12)9-6-4-3-5-7-9/h3-7H,1-2H2,(H,11,12). The number of benzene rings is 1. The molecule has 0 aliphatic heterocycles. The summed E-state index contributed by atoms with van der Waals surface area (Å²) in [5.41, 5.74) is 1.02. The molecule has 2 nitrogen and oxygen atoms in total. The van der Waals surface area contributed by atoms with Gasteiger partial charge in [0.25, 0.3) is 5.91 Å². The number of carbonyl (C=O) groups is 1. The van der Waals surface area contributed by atoms with Crippen molar-refractivity contribution >= 4 is 5.91 Å². The largest absolute Gasteiger partial charge is 0.326 e. The molecule has 1 rings (SSSR count). The first-order valence-electron chi connectivity index (χ1n) is 3.57. The van der Waals surface area contributed by atoms with Crippen LogP contribution in [0.5, 0.6) is 0 Å². The van der Waals surface area contributed by atoms with Crippen molar-refractivity contribution < 1.29 is 4.79 Å². The highest BCUT2D eigenvalue weighted by Gasteiger charge is 2.01. The first-order valence-corrected chi connectivity index (χ1v) is 3.57. The summed E-state index contributed by atoms with van der Waals surface area (Å²) in [4.78, 5) is 11.2. The average molecular weight is 160 g/mol. The van der Waals surface area contributed by atoms with E-state index < -0.39 is 0 Å². The minimum Gasteiger partial charge on any atom is -0.326 e. The fourth-order valence-corrected chi connectivity index (χ4v) is 0.822. The summed E-state index contributed by atoms with van der Waals surface area (Å²) in [6.45, 7) is 6.96. The molecule has 0 unspecified atom stereocenters. The number of allylic oxidation sites excluding steroid dienone is 1. The molecule has 1 aromatic rings. The first-order chi connectivity index (χ1) is 5.70. The first kappa shape index (κ1) is 8.53. The molecule has 0 saturated carbocycles. The van der Waals surface area contributed by atoms with Gasteiger partial charge in [-0.15, -0.1) is 0 Å². The highest BCUT2D eigenvalue weighted by atomic mass is 16.1. The van der Waals surface area contributed by atoms with E-state index in [9.17, 15) is 4.79 Å². The van der Waals surface area contributed by atoms with E-state index in [0.29, 0.717) is 11.3 Å². The SMILES string of the molecule is [CH2]C(=C)NC(=O)c1ccccc1. The maximum Gasteiger partial charge on any atom is 0.255 e. The van der Waals surface area contributed by atoms with Crippen LogP contribution < -0.4 is 5.32 Å². The molecule has 0 atom stereocenters. The summed E-state index contributed by atoms with van der Waals surface area (Å²) in [5, 5.41) is 2.51. The lowest BCUT2D eigenvalue weighted by molar-refractivity contribution is 0.0967. The summed E-state index contributed by atoms with van der Waals surface area (Å²) in [6, 6.07) is 8.94. The number of hydrogen-bond donors (Lipinski definition) is 1. The lowest BCUT2D eigenvalue weighted by Gasteiger charge is -2.02. The fourth-order valence-electron chi connectivity index (χ4n) is 0.822. The second-order valence-electron chi connectivity index (χ2n) is 2.42. The number of nitrogens with one attached hydrogen (secondary N) is 1. The van der Waals surface area contributed by atoms with Crippen molar-refractivity contribution in [1.82, 2.24) is 5.32 Å². The van der Waals surface area contributed by atoms with Crippen molar-refractivity contribution in [2.24, 2.45) is 0 Å². The van der Waals surface area contributed by atoms with Gasteiger partial charge in [-0.2, -0.15) is 0 Å². The van der Waals surface area contributed by atoms with Crippen LogP contribution >= 0.6 is 0 Å². The van der Waals surface area contributed by atoms with Crippen molar-refractivity contribution in [2.75, 3.05) is 0 Å². The minimum atomic E-state index is -0.171. The molecule has 0 fully saturated rings. The predicted molar refractivity (Wildman–Crippen MR) is 48.4 cm³/mol. The van der Waals surface area contributed by atoms with Gasteiger partial charge in [-0.25, -0.2) is 0 Å². The molecular weight excluding hydrogens is 150 g/mol. The van der Waals surface area contributed by atoms with Gasteiger partial charge in [-0.3, -0.25) is 4.79 Å². The van der Waals surface area contributed by atoms with Gasteiger partial charge in [0.2, 0.25) is 0 Å². The predicted octanol–water partition coefficient (Wildman–Crippen LogP) is 1.76. The van der Waals surface area contributed by atoms with Gasteiger partial charge in [-0.05, 0) is 19.1 Å². The van der Waals surface area contributed by atoms with Crippen LogP contribution in [-0.4, -0.2) is 5.91 Å². The van der Waals surface area contributed by atoms with E-state index in [2.05, 4.69) is 18.8 Å². The van der Waals surface area contributed by atoms with Crippen molar-refractivity contribution in [1.29, 1.82) is 0 Å². The van der Waals surface area contributed by atoms with Gasteiger partial charge in [0.1, 0.15) is 0 Å². The Hall–Kier alpha value is -1.57. The second-order valence-corrected chi connectivity index (χ2v) is 2.42. The maximum absolute atomic E-state index is 11.2. The molecule has 1 aromatic carbocycles. The number of rotatable bonds is 2. The molecule has 0 bridgehead atoms. The van der Waals surface area contributed by atoms with E-state index in [0.717, 1.165) is 0 Å². The molecule has 1 radical (unpaired) electrons. The van der Waals surface area contributed by atoms with Crippen LogP contribution in [-0.2, 0) is 0 Å². The fraction of sp³-hybridized carbons (Fsp3) is 0. The molecule has 0 aliphatic carbocycles. The van der Waals surface area contributed by atoms with Crippen LogP contribution in [0.3, 0.4) is 0 Å². The topological polar surface area (TPSA) is 29.1 Å². The van der Waals surface area contributed by atoms with Gasteiger partial charge in [0.05, 0.1) is 0 Å². The van der Waals surface area contributed by atoms with Crippen molar-refractivity contribution in [3.63, 3.8) is 0 Å². The highest BCUT2D eigenvalue weighted by Crippen LogP contribution is 1.98. The summed E-state index contributed by atoms with van der Waals surface area (Å²) in [6.07, 6.45) is 0. The molecule has 1 amide bonds. The van der Waals surface area contributed by atoms with Crippen LogP contribution in [0.25, 0.3) is 0 Å². The third-order valence-corrected chi connectivity index (χ3v) is 1.33. The van der Waals surface area contributed by atoms with Crippen LogP contribution in [0.15, 0.2) is 42.6 Å². The number of carbonyl (C=O) groups excluding carboxylic acids is 1. The molecule has 0 spiro atoms. The van der Waals surface area contributed by atoms with E-state index in [1.54, 1.807) is 24.3 Å². The van der Waals surface area contributed by atoms with Gasteiger partial charge in [0, 0.05) is 11.3 Å². The summed E-state index contributed by atoms with van der Waals surface area (Å²) in [5.74, 6) is -0.171. The third-order valence-electron chi connectivity index (χ3n) is 1.33. The van der Waals surface area contributed by atoms with E-state index in [1.165, 1.54) is 0 Å². The average Bonchev–Trinajstić information content (AvgIpc) is 2.05. The van der Waals surface area contributed by atoms with E-state index in [4.69, 9.17) is 0 Å². The minimum absolute atomic E-state index is 0.171. The number of hydrogen-bond acceptors (Lipinski definition) is 1. The van der Waals surface area contributed by atoms with Crippen LogP contribution in [0.1, 0.15) is 10.4 Å². The molecule has 61 valence electrons. The highest BCUT2D eigenvalue weighted by molar-refractivity contribution is 5.95. The van der Waals surface area contributed by atoms with Gasteiger partial charge in [0.15, 0.2) is 0 Å². The zero-order chi connectivity index (χ0) is 8.97. The Morgan fingerprint density at radius 3 is 2.33 bits per heavy atom. The van der Waals surface area contributed by atoms with Crippen molar-refractivity contribution in [3.05, 3.63) is 55.1 Å².